The molecule has 1 aromatic heterocycles. The first-order chi connectivity index (χ1) is 12.0. The van der Waals surface area contributed by atoms with Gasteiger partial charge in [-0.3, -0.25) is 0 Å². The van der Waals surface area contributed by atoms with Crippen molar-refractivity contribution in [3.05, 3.63) is 47.5 Å². The number of carbonyl (C=O) groups is 1. The Morgan fingerprint density at radius 1 is 1.20 bits per heavy atom. The van der Waals surface area contributed by atoms with Crippen LogP contribution in [0.1, 0.15) is 55.7 Å². The third-order valence-corrected chi connectivity index (χ3v) is 4.29. The molecule has 1 saturated carbocycles. The first kappa shape index (κ1) is 17.5. The zero-order valence-corrected chi connectivity index (χ0v) is 14.6. The molecule has 0 N–H and O–H groups in total. The Bertz CT molecular complexity index is 726. The molecule has 1 atom stereocenters. The maximum atomic E-state index is 14.0. The SMILES string of the molecule is CC(C)O[C@H]1C[C@@H](OC(=O)c2c(F)nnn2[C@H](C)c2ccccc2)C1. The van der Waals surface area contributed by atoms with E-state index < -0.39 is 11.9 Å². The lowest BCUT2D eigenvalue weighted by atomic mass is 9.92. The van der Waals surface area contributed by atoms with Crippen LogP contribution < -0.4 is 0 Å². The predicted molar refractivity (Wildman–Crippen MR) is 88.7 cm³/mol. The van der Waals surface area contributed by atoms with Crippen LogP contribution in [0.3, 0.4) is 0 Å². The van der Waals surface area contributed by atoms with Crippen LogP contribution in [0.25, 0.3) is 0 Å². The minimum atomic E-state index is -0.915. The lowest BCUT2D eigenvalue weighted by Crippen LogP contribution is -2.40. The van der Waals surface area contributed by atoms with Crippen molar-refractivity contribution in [2.24, 2.45) is 0 Å². The summed E-state index contributed by atoms with van der Waals surface area (Å²) >= 11 is 0. The van der Waals surface area contributed by atoms with Gasteiger partial charge < -0.3 is 9.47 Å². The van der Waals surface area contributed by atoms with Crippen LogP contribution >= 0.6 is 0 Å². The van der Waals surface area contributed by atoms with Crippen molar-refractivity contribution in [3.63, 3.8) is 0 Å². The predicted octanol–water partition coefficient (Wildman–Crippen LogP) is 3.14. The molecule has 0 spiro atoms. The van der Waals surface area contributed by atoms with Gasteiger partial charge in [-0.15, -0.1) is 0 Å². The quantitative estimate of drug-likeness (QED) is 0.751. The van der Waals surface area contributed by atoms with Crippen molar-refractivity contribution in [2.45, 2.75) is 58.0 Å². The van der Waals surface area contributed by atoms with E-state index in [1.54, 1.807) is 0 Å². The van der Waals surface area contributed by atoms with Crippen LogP contribution in [-0.4, -0.2) is 39.3 Å². The molecule has 25 heavy (non-hydrogen) atoms. The zero-order chi connectivity index (χ0) is 18.0. The van der Waals surface area contributed by atoms with Gasteiger partial charge in [0.1, 0.15) is 6.10 Å². The molecule has 0 radical (unpaired) electrons. The van der Waals surface area contributed by atoms with Gasteiger partial charge in [-0.25, -0.2) is 9.48 Å². The van der Waals surface area contributed by atoms with Gasteiger partial charge in [-0.05, 0) is 26.3 Å². The fraction of sp³-hybridized carbons (Fsp3) is 0.500. The Balaban J connectivity index is 1.69. The number of ether oxygens (including phenoxy) is 2. The van der Waals surface area contributed by atoms with Crippen molar-refractivity contribution in [3.8, 4) is 0 Å². The number of carbonyl (C=O) groups excluding carboxylic acids is 1. The number of aromatic nitrogens is 3. The summed E-state index contributed by atoms with van der Waals surface area (Å²) < 4.78 is 26.3. The molecule has 0 unspecified atom stereocenters. The molecule has 1 aromatic carbocycles. The summed E-state index contributed by atoms with van der Waals surface area (Å²) in [7, 11) is 0. The summed E-state index contributed by atoms with van der Waals surface area (Å²) in [4.78, 5) is 12.4. The highest BCUT2D eigenvalue weighted by atomic mass is 19.1. The number of benzene rings is 1. The van der Waals surface area contributed by atoms with Crippen molar-refractivity contribution in [1.29, 1.82) is 0 Å². The van der Waals surface area contributed by atoms with Crippen molar-refractivity contribution in [1.82, 2.24) is 15.0 Å². The zero-order valence-electron chi connectivity index (χ0n) is 14.6. The molecule has 0 saturated heterocycles. The topological polar surface area (TPSA) is 66.2 Å². The van der Waals surface area contributed by atoms with Crippen LogP contribution in [0.5, 0.6) is 0 Å². The Morgan fingerprint density at radius 2 is 1.88 bits per heavy atom. The summed E-state index contributed by atoms with van der Waals surface area (Å²) in [5.41, 5.74) is 0.653. The molecular formula is C18H22FN3O3. The van der Waals surface area contributed by atoms with Crippen LogP contribution in [0.2, 0.25) is 0 Å². The van der Waals surface area contributed by atoms with Crippen molar-refractivity contribution < 1.29 is 18.7 Å². The summed E-state index contributed by atoms with van der Waals surface area (Å²) in [5, 5.41) is 7.20. The van der Waals surface area contributed by atoms with Gasteiger partial charge >= 0.3 is 5.97 Å². The molecule has 1 aliphatic rings. The Morgan fingerprint density at radius 3 is 2.52 bits per heavy atom. The molecular weight excluding hydrogens is 325 g/mol. The average Bonchev–Trinajstić information content (AvgIpc) is 2.94. The normalized spacial score (nSPS) is 21.0. The number of halogens is 1. The molecule has 0 bridgehead atoms. The van der Waals surface area contributed by atoms with Gasteiger partial charge in [0, 0.05) is 12.8 Å². The largest absolute Gasteiger partial charge is 0.457 e. The third kappa shape index (κ3) is 3.87. The lowest BCUT2D eigenvalue weighted by Gasteiger charge is -2.35. The molecule has 1 aliphatic carbocycles. The van der Waals surface area contributed by atoms with Gasteiger partial charge in [0.15, 0.2) is 0 Å². The van der Waals surface area contributed by atoms with Gasteiger partial charge in [0.2, 0.25) is 5.69 Å². The summed E-state index contributed by atoms with van der Waals surface area (Å²) in [6.07, 6.45) is 1.22. The van der Waals surface area contributed by atoms with E-state index in [4.69, 9.17) is 9.47 Å². The van der Waals surface area contributed by atoms with Crippen molar-refractivity contribution in [2.75, 3.05) is 0 Å². The number of hydrogen-bond acceptors (Lipinski definition) is 5. The van der Waals surface area contributed by atoms with E-state index in [0.29, 0.717) is 12.8 Å². The number of esters is 1. The third-order valence-electron chi connectivity index (χ3n) is 4.29. The van der Waals surface area contributed by atoms with E-state index in [2.05, 4.69) is 10.3 Å². The minimum Gasteiger partial charge on any atom is -0.457 e. The van der Waals surface area contributed by atoms with E-state index in [9.17, 15) is 9.18 Å². The van der Waals surface area contributed by atoms with Gasteiger partial charge in [0.25, 0.3) is 5.95 Å². The standard InChI is InChI=1S/C18H22FN3O3/c1-11(2)24-14-9-15(10-14)25-18(23)16-17(19)20-21-22(16)12(3)13-7-5-4-6-8-13/h4-8,11-12,14-15H,9-10H2,1-3H3/t12-,14-,15+/m1/s1. The second-order valence-corrected chi connectivity index (χ2v) is 6.57. The molecule has 0 aliphatic heterocycles. The number of rotatable bonds is 6. The molecule has 1 fully saturated rings. The maximum Gasteiger partial charge on any atom is 0.361 e. The number of hydrogen-bond donors (Lipinski definition) is 0. The molecule has 7 heteroatoms. The van der Waals surface area contributed by atoms with E-state index in [-0.39, 0.29) is 30.0 Å². The first-order valence-corrected chi connectivity index (χ1v) is 8.47. The highest BCUT2D eigenvalue weighted by molar-refractivity contribution is 5.87. The monoisotopic (exact) mass is 347 g/mol. The maximum absolute atomic E-state index is 14.0. The summed E-state index contributed by atoms with van der Waals surface area (Å²) in [6.45, 7) is 5.75. The fourth-order valence-electron chi connectivity index (χ4n) is 2.91. The van der Waals surface area contributed by atoms with E-state index in [0.717, 1.165) is 5.56 Å². The van der Waals surface area contributed by atoms with Crippen LogP contribution in [0.15, 0.2) is 30.3 Å². The van der Waals surface area contributed by atoms with Gasteiger partial charge in [-0.2, -0.15) is 4.39 Å². The lowest BCUT2D eigenvalue weighted by molar-refractivity contribution is -0.0996. The minimum absolute atomic E-state index is 0.0916. The van der Waals surface area contributed by atoms with E-state index in [1.165, 1.54) is 4.68 Å². The highest BCUT2D eigenvalue weighted by Gasteiger charge is 2.36. The summed E-state index contributed by atoms with van der Waals surface area (Å²) in [6, 6.07) is 9.08. The second-order valence-electron chi connectivity index (χ2n) is 6.57. The Kier molecular flexibility index (Phi) is 5.13. The molecule has 2 aromatic rings. The van der Waals surface area contributed by atoms with Crippen molar-refractivity contribution >= 4 is 5.97 Å². The first-order valence-electron chi connectivity index (χ1n) is 8.47. The molecule has 3 rings (SSSR count). The van der Waals surface area contributed by atoms with E-state index in [1.807, 2.05) is 51.1 Å². The molecule has 0 amide bonds. The molecule has 1 heterocycles. The summed E-state index contributed by atoms with van der Waals surface area (Å²) in [5.74, 6) is -1.65. The second kappa shape index (κ2) is 7.31. The number of nitrogens with zero attached hydrogens (tertiary/aromatic N) is 3. The van der Waals surface area contributed by atoms with Gasteiger partial charge in [-0.1, -0.05) is 40.6 Å². The van der Waals surface area contributed by atoms with Crippen LogP contribution in [0.4, 0.5) is 4.39 Å². The fourth-order valence-corrected chi connectivity index (χ4v) is 2.91. The highest BCUT2D eigenvalue weighted by Crippen LogP contribution is 2.29. The average molecular weight is 347 g/mol. The van der Waals surface area contributed by atoms with Crippen LogP contribution in [0, 0.1) is 5.95 Å². The smallest absolute Gasteiger partial charge is 0.361 e. The van der Waals surface area contributed by atoms with E-state index >= 15 is 0 Å². The molecule has 134 valence electrons. The van der Waals surface area contributed by atoms with Gasteiger partial charge in [0.05, 0.1) is 18.2 Å². The van der Waals surface area contributed by atoms with Crippen LogP contribution in [-0.2, 0) is 9.47 Å². The Labute approximate surface area is 145 Å². The molecule has 6 nitrogen and oxygen atoms in total. The Hall–Kier alpha value is -2.28.